The van der Waals surface area contributed by atoms with E-state index in [0.717, 1.165) is 5.39 Å². The number of nitrogens with zero attached hydrogens (tertiary/aromatic N) is 1. The molecule has 1 aromatic heterocycles. The van der Waals surface area contributed by atoms with Gasteiger partial charge < -0.3 is 10.8 Å². The number of carbonyl (C=O) groups is 2. The number of hydrogen-bond donors (Lipinski definition) is 2. The smallest absolute Gasteiger partial charge is 0.319 e. The fraction of sp³-hybridized carbons (Fsp3) is 0.214. The summed E-state index contributed by atoms with van der Waals surface area (Å²) >= 11 is 0. The maximum absolute atomic E-state index is 11.4. The lowest BCUT2D eigenvalue weighted by Gasteiger charge is -2.21. The number of carboxylic acid groups (broad SMARTS) is 1. The van der Waals surface area contributed by atoms with Crippen molar-refractivity contribution >= 4 is 22.8 Å². The van der Waals surface area contributed by atoms with Crippen molar-refractivity contribution < 1.29 is 14.7 Å². The van der Waals surface area contributed by atoms with Gasteiger partial charge in [-0.1, -0.05) is 24.3 Å². The molecular formula is C14H14N2O3. The summed E-state index contributed by atoms with van der Waals surface area (Å²) in [4.78, 5) is 26.9. The maximum atomic E-state index is 11.4. The topological polar surface area (TPSA) is 93.3 Å². The SMILES string of the molecule is CC(Cc1cccc2cccnc12)(C(N)=O)C(=O)O. The predicted molar refractivity (Wildman–Crippen MR) is 70.4 cm³/mol. The van der Waals surface area contributed by atoms with Gasteiger partial charge in [-0.25, -0.2) is 0 Å². The molecule has 1 atom stereocenters. The summed E-state index contributed by atoms with van der Waals surface area (Å²) in [5, 5.41) is 10.1. The second-order valence-electron chi connectivity index (χ2n) is 4.67. The van der Waals surface area contributed by atoms with Gasteiger partial charge in [0, 0.05) is 11.6 Å². The van der Waals surface area contributed by atoms with Gasteiger partial charge in [0.15, 0.2) is 0 Å². The van der Waals surface area contributed by atoms with E-state index in [1.807, 2.05) is 18.2 Å². The Morgan fingerprint density at radius 2 is 2.00 bits per heavy atom. The first kappa shape index (κ1) is 13.0. The van der Waals surface area contributed by atoms with Crippen molar-refractivity contribution in [1.29, 1.82) is 0 Å². The van der Waals surface area contributed by atoms with Gasteiger partial charge in [-0.05, 0) is 25.0 Å². The van der Waals surface area contributed by atoms with Crippen LogP contribution in [-0.4, -0.2) is 22.0 Å². The van der Waals surface area contributed by atoms with E-state index in [1.165, 1.54) is 6.92 Å². The lowest BCUT2D eigenvalue weighted by molar-refractivity contribution is -0.153. The average molecular weight is 258 g/mol. The molecule has 0 spiro atoms. The summed E-state index contributed by atoms with van der Waals surface area (Å²) in [7, 11) is 0. The second-order valence-corrected chi connectivity index (χ2v) is 4.67. The van der Waals surface area contributed by atoms with Crippen molar-refractivity contribution in [2.75, 3.05) is 0 Å². The minimum atomic E-state index is -1.63. The number of aromatic nitrogens is 1. The fourth-order valence-electron chi connectivity index (χ4n) is 1.96. The van der Waals surface area contributed by atoms with Crippen molar-refractivity contribution in [1.82, 2.24) is 4.98 Å². The molecule has 0 aliphatic heterocycles. The molecular weight excluding hydrogens is 244 g/mol. The Morgan fingerprint density at radius 3 is 2.63 bits per heavy atom. The first-order chi connectivity index (χ1) is 8.95. The van der Waals surface area contributed by atoms with E-state index in [9.17, 15) is 14.7 Å². The number of pyridine rings is 1. The molecule has 0 aliphatic carbocycles. The number of para-hydroxylation sites is 1. The van der Waals surface area contributed by atoms with Crippen molar-refractivity contribution in [3.8, 4) is 0 Å². The van der Waals surface area contributed by atoms with Gasteiger partial charge in [0.05, 0.1) is 5.52 Å². The Kier molecular flexibility index (Phi) is 3.21. The lowest BCUT2D eigenvalue weighted by atomic mass is 9.82. The van der Waals surface area contributed by atoms with Crippen molar-refractivity contribution in [3.63, 3.8) is 0 Å². The Balaban J connectivity index is 2.51. The summed E-state index contributed by atoms with van der Waals surface area (Å²) in [6.45, 7) is 1.33. The largest absolute Gasteiger partial charge is 0.480 e. The number of carbonyl (C=O) groups excluding carboxylic acids is 1. The summed E-state index contributed by atoms with van der Waals surface area (Å²) in [5.74, 6) is -2.08. The quantitative estimate of drug-likeness (QED) is 0.809. The highest BCUT2D eigenvalue weighted by atomic mass is 16.4. The van der Waals surface area contributed by atoms with Crippen LogP contribution in [0.15, 0.2) is 36.5 Å². The molecule has 19 heavy (non-hydrogen) atoms. The van der Waals surface area contributed by atoms with Crippen molar-refractivity contribution in [2.24, 2.45) is 11.1 Å². The Bertz CT molecular complexity index is 633. The van der Waals surface area contributed by atoms with E-state index in [2.05, 4.69) is 4.98 Å². The molecule has 0 bridgehead atoms. The monoisotopic (exact) mass is 258 g/mol. The van der Waals surface area contributed by atoms with Crippen molar-refractivity contribution in [2.45, 2.75) is 13.3 Å². The first-order valence-corrected chi connectivity index (χ1v) is 5.81. The summed E-state index contributed by atoms with van der Waals surface area (Å²) in [6.07, 6.45) is 1.65. The minimum Gasteiger partial charge on any atom is -0.480 e. The minimum absolute atomic E-state index is 0.0199. The summed E-state index contributed by atoms with van der Waals surface area (Å²) < 4.78 is 0. The number of rotatable bonds is 4. The molecule has 0 fully saturated rings. The molecule has 1 aromatic carbocycles. The van der Waals surface area contributed by atoms with E-state index >= 15 is 0 Å². The fourth-order valence-corrected chi connectivity index (χ4v) is 1.96. The molecule has 0 saturated carbocycles. The normalized spacial score (nSPS) is 13.9. The molecule has 2 rings (SSSR count). The second kappa shape index (κ2) is 4.68. The Morgan fingerprint density at radius 1 is 1.32 bits per heavy atom. The van der Waals surface area contributed by atoms with E-state index in [1.54, 1.807) is 18.3 Å². The number of primary amides is 1. The van der Waals surface area contributed by atoms with Crippen LogP contribution in [0.3, 0.4) is 0 Å². The van der Waals surface area contributed by atoms with Gasteiger partial charge in [-0.3, -0.25) is 14.6 Å². The van der Waals surface area contributed by atoms with Crippen LogP contribution in [0.25, 0.3) is 10.9 Å². The van der Waals surface area contributed by atoms with Crippen LogP contribution < -0.4 is 5.73 Å². The van der Waals surface area contributed by atoms with Crippen LogP contribution in [0.1, 0.15) is 12.5 Å². The summed E-state index contributed by atoms with van der Waals surface area (Å²) in [6, 6.07) is 9.14. The van der Waals surface area contributed by atoms with Crippen LogP contribution >= 0.6 is 0 Å². The number of nitrogens with two attached hydrogens (primary N) is 1. The van der Waals surface area contributed by atoms with Crippen molar-refractivity contribution in [3.05, 3.63) is 42.1 Å². The van der Waals surface area contributed by atoms with E-state index in [-0.39, 0.29) is 6.42 Å². The number of carboxylic acids is 1. The third-order valence-corrected chi connectivity index (χ3v) is 3.28. The third kappa shape index (κ3) is 2.27. The number of fused-ring (bicyclic) bond motifs is 1. The number of hydrogen-bond acceptors (Lipinski definition) is 3. The average Bonchev–Trinajstić information content (AvgIpc) is 2.38. The van der Waals surface area contributed by atoms with Gasteiger partial charge in [0.25, 0.3) is 0 Å². The molecule has 1 amide bonds. The zero-order chi connectivity index (χ0) is 14.0. The standard InChI is InChI=1S/C14H14N2O3/c1-14(12(15)17,13(18)19)8-10-5-2-4-9-6-3-7-16-11(9)10/h2-7H,8H2,1H3,(H2,15,17)(H,18,19). The number of amides is 1. The molecule has 0 radical (unpaired) electrons. The van der Waals surface area contributed by atoms with Gasteiger partial charge in [0.1, 0.15) is 5.41 Å². The molecule has 98 valence electrons. The number of benzene rings is 1. The molecule has 2 aromatic rings. The maximum Gasteiger partial charge on any atom is 0.319 e. The zero-order valence-electron chi connectivity index (χ0n) is 10.5. The van der Waals surface area contributed by atoms with E-state index < -0.39 is 17.3 Å². The van der Waals surface area contributed by atoms with Crippen LogP contribution in [0.4, 0.5) is 0 Å². The van der Waals surface area contributed by atoms with Gasteiger partial charge in [-0.2, -0.15) is 0 Å². The predicted octanol–water partition coefficient (Wildman–Crippen LogP) is 1.35. The van der Waals surface area contributed by atoms with Gasteiger partial charge in [0.2, 0.25) is 5.91 Å². The highest BCUT2D eigenvalue weighted by molar-refractivity contribution is 6.01. The molecule has 0 aliphatic rings. The Hall–Kier alpha value is -2.43. The van der Waals surface area contributed by atoms with Crippen LogP contribution in [0, 0.1) is 5.41 Å². The van der Waals surface area contributed by atoms with Crippen LogP contribution in [0.2, 0.25) is 0 Å². The Labute approximate surface area is 110 Å². The van der Waals surface area contributed by atoms with Gasteiger partial charge >= 0.3 is 5.97 Å². The highest BCUT2D eigenvalue weighted by Crippen LogP contribution is 2.26. The molecule has 1 heterocycles. The van der Waals surface area contributed by atoms with E-state index in [4.69, 9.17) is 5.73 Å². The lowest BCUT2D eigenvalue weighted by Crippen LogP contribution is -2.43. The van der Waals surface area contributed by atoms with E-state index in [0.29, 0.717) is 11.1 Å². The third-order valence-electron chi connectivity index (χ3n) is 3.28. The van der Waals surface area contributed by atoms with Gasteiger partial charge in [-0.15, -0.1) is 0 Å². The molecule has 1 unspecified atom stereocenters. The molecule has 3 N–H and O–H groups in total. The first-order valence-electron chi connectivity index (χ1n) is 5.81. The molecule has 5 heteroatoms. The molecule has 5 nitrogen and oxygen atoms in total. The van der Waals surface area contributed by atoms with Crippen LogP contribution in [-0.2, 0) is 16.0 Å². The highest BCUT2D eigenvalue weighted by Gasteiger charge is 2.40. The van der Waals surface area contributed by atoms with Crippen LogP contribution in [0.5, 0.6) is 0 Å². The zero-order valence-corrected chi connectivity index (χ0v) is 10.5. The summed E-state index contributed by atoms with van der Waals surface area (Å²) in [5.41, 5.74) is 4.98. The number of aliphatic carboxylic acids is 1. The molecule has 0 saturated heterocycles.